The average Bonchev–Trinajstić information content (AvgIpc) is 2.62. The van der Waals surface area contributed by atoms with E-state index in [1.165, 1.54) is 0 Å². The Balaban J connectivity index is 2.00. The zero-order valence-corrected chi connectivity index (χ0v) is 10.8. The number of pyridine rings is 1. The number of aromatic nitrogens is 1. The van der Waals surface area contributed by atoms with Crippen LogP contribution < -0.4 is 5.84 Å². The Hall–Kier alpha value is -1.15. The molecule has 1 aromatic rings. The van der Waals surface area contributed by atoms with Gasteiger partial charge in [0.2, 0.25) is 0 Å². The van der Waals surface area contributed by atoms with E-state index in [-0.39, 0.29) is 0 Å². The summed E-state index contributed by atoms with van der Waals surface area (Å²) in [5.41, 5.74) is 0.460. The van der Waals surface area contributed by atoms with E-state index in [4.69, 9.17) is 17.4 Å². The zero-order valence-electron chi connectivity index (χ0n) is 10.0. The van der Waals surface area contributed by atoms with Crippen LogP contribution in [0.25, 0.3) is 0 Å². The smallest absolute Gasteiger partial charge is 0.0868 e. The third-order valence-corrected chi connectivity index (χ3v) is 4.52. The molecule has 2 unspecified atom stereocenters. The number of fused-ring (bicyclic) bond motifs is 2. The molecule has 2 N–H and O–H groups in total. The molecular weight excluding hydrogens is 248 g/mol. The van der Waals surface area contributed by atoms with Gasteiger partial charge in [0, 0.05) is 24.5 Å². The Morgan fingerprint density at radius 2 is 2.06 bits per heavy atom. The summed E-state index contributed by atoms with van der Waals surface area (Å²) in [6.07, 6.45) is 7.08. The van der Waals surface area contributed by atoms with Crippen molar-refractivity contribution in [3.63, 3.8) is 0 Å². The molecule has 2 aliphatic rings. The van der Waals surface area contributed by atoms with Crippen molar-refractivity contribution in [3.05, 3.63) is 29.0 Å². The number of rotatable bonds is 1. The van der Waals surface area contributed by atoms with Gasteiger partial charge in [-0.15, -0.1) is 0 Å². The van der Waals surface area contributed by atoms with Crippen molar-refractivity contribution in [1.29, 1.82) is 5.26 Å². The molecule has 2 atom stereocenters. The van der Waals surface area contributed by atoms with Gasteiger partial charge >= 0.3 is 0 Å². The Bertz CT molecular complexity index is 496. The Morgan fingerprint density at radius 3 is 2.61 bits per heavy atom. The molecule has 2 aliphatic heterocycles. The van der Waals surface area contributed by atoms with Crippen LogP contribution in [0.1, 0.15) is 31.2 Å². The van der Waals surface area contributed by atoms with E-state index >= 15 is 0 Å². The lowest BCUT2D eigenvalue weighted by atomic mass is 9.72. The van der Waals surface area contributed by atoms with Crippen LogP contribution in [0.2, 0.25) is 5.02 Å². The van der Waals surface area contributed by atoms with Crippen LogP contribution in [-0.2, 0) is 5.41 Å². The van der Waals surface area contributed by atoms with Gasteiger partial charge in [-0.05, 0) is 37.3 Å². The molecule has 18 heavy (non-hydrogen) atoms. The molecule has 1 aromatic heterocycles. The van der Waals surface area contributed by atoms with Gasteiger partial charge < -0.3 is 0 Å². The predicted molar refractivity (Wildman–Crippen MR) is 68.6 cm³/mol. The Morgan fingerprint density at radius 1 is 1.39 bits per heavy atom. The molecule has 3 heterocycles. The summed E-state index contributed by atoms with van der Waals surface area (Å²) in [5.74, 6) is 6.05. The van der Waals surface area contributed by atoms with E-state index in [2.05, 4.69) is 11.1 Å². The molecule has 0 radical (unpaired) electrons. The van der Waals surface area contributed by atoms with Gasteiger partial charge in [0.15, 0.2) is 0 Å². The van der Waals surface area contributed by atoms with Crippen LogP contribution in [0, 0.1) is 11.3 Å². The second kappa shape index (κ2) is 4.20. The number of nitriles is 1. The lowest BCUT2D eigenvalue weighted by Gasteiger charge is -2.40. The van der Waals surface area contributed by atoms with Crippen LogP contribution in [0.5, 0.6) is 0 Å². The first kappa shape index (κ1) is 11.9. The third-order valence-electron chi connectivity index (χ3n) is 4.32. The molecule has 0 spiro atoms. The van der Waals surface area contributed by atoms with Gasteiger partial charge in [0.05, 0.1) is 16.5 Å². The highest BCUT2D eigenvalue weighted by atomic mass is 35.5. The second-order valence-corrected chi connectivity index (χ2v) is 5.76. The minimum absolute atomic E-state index is 0.308. The van der Waals surface area contributed by atoms with E-state index in [1.54, 1.807) is 12.4 Å². The van der Waals surface area contributed by atoms with Crippen molar-refractivity contribution < 1.29 is 0 Å². The largest absolute Gasteiger partial charge is 0.268 e. The average molecular weight is 263 g/mol. The van der Waals surface area contributed by atoms with Gasteiger partial charge in [0.25, 0.3) is 0 Å². The van der Waals surface area contributed by atoms with Crippen molar-refractivity contribution in [3.8, 4) is 6.07 Å². The summed E-state index contributed by atoms with van der Waals surface area (Å²) in [4.78, 5) is 4.11. The molecule has 0 saturated carbocycles. The number of halogens is 1. The third kappa shape index (κ3) is 1.71. The number of piperidine rings is 1. The lowest BCUT2D eigenvalue weighted by Crippen LogP contribution is -2.52. The number of hydrogen-bond donors (Lipinski definition) is 1. The van der Waals surface area contributed by atoms with Crippen LogP contribution in [-0.4, -0.2) is 22.1 Å². The Labute approximate surface area is 111 Å². The van der Waals surface area contributed by atoms with Crippen LogP contribution in [0.15, 0.2) is 18.5 Å². The van der Waals surface area contributed by atoms with E-state index < -0.39 is 5.41 Å². The first-order valence-electron chi connectivity index (χ1n) is 6.20. The van der Waals surface area contributed by atoms with Crippen LogP contribution >= 0.6 is 11.6 Å². The predicted octanol–water partition coefficient (Wildman–Crippen LogP) is 2.00. The van der Waals surface area contributed by atoms with E-state index in [9.17, 15) is 5.26 Å². The minimum atomic E-state index is -0.473. The van der Waals surface area contributed by atoms with Crippen molar-refractivity contribution in [2.75, 3.05) is 0 Å². The SMILES string of the molecule is N#CC1(c2cncc(Cl)c2)CC2CCC(C1)N2N. The summed E-state index contributed by atoms with van der Waals surface area (Å²) >= 11 is 5.99. The standard InChI is InChI=1S/C13H15ClN4/c14-10-3-9(6-17-7-10)13(8-15)4-11-1-2-12(5-13)18(11)16/h3,6-7,11-12H,1-2,4-5,16H2. The maximum Gasteiger partial charge on any atom is 0.0868 e. The second-order valence-electron chi connectivity index (χ2n) is 5.33. The highest BCUT2D eigenvalue weighted by molar-refractivity contribution is 6.30. The maximum absolute atomic E-state index is 9.66. The van der Waals surface area contributed by atoms with E-state index in [0.717, 1.165) is 31.2 Å². The van der Waals surface area contributed by atoms with Gasteiger partial charge in [0.1, 0.15) is 0 Å². The van der Waals surface area contributed by atoms with Gasteiger partial charge in [-0.3, -0.25) is 10.8 Å². The molecule has 2 bridgehead atoms. The maximum atomic E-state index is 9.66. The number of hydrazine groups is 1. The summed E-state index contributed by atoms with van der Waals surface area (Å²) in [6.45, 7) is 0. The van der Waals surface area contributed by atoms with Crippen molar-refractivity contribution in [1.82, 2.24) is 9.99 Å². The fourth-order valence-electron chi connectivity index (χ4n) is 3.35. The molecule has 2 saturated heterocycles. The zero-order chi connectivity index (χ0) is 12.8. The molecular formula is C13H15ClN4. The van der Waals surface area contributed by atoms with Crippen molar-refractivity contribution >= 4 is 11.6 Å². The van der Waals surface area contributed by atoms with Crippen LogP contribution in [0.4, 0.5) is 0 Å². The first-order valence-corrected chi connectivity index (χ1v) is 6.58. The molecule has 2 fully saturated rings. The summed E-state index contributed by atoms with van der Waals surface area (Å²) in [6, 6.07) is 4.98. The fourth-order valence-corrected chi connectivity index (χ4v) is 3.52. The molecule has 4 nitrogen and oxygen atoms in total. The molecule has 3 rings (SSSR count). The minimum Gasteiger partial charge on any atom is -0.268 e. The normalized spacial score (nSPS) is 35.4. The summed E-state index contributed by atoms with van der Waals surface area (Å²) in [5, 5.41) is 12.2. The molecule has 94 valence electrons. The molecule has 0 amide bonds. The van der Waals surface area contributed by atoms with Gasteiger partial charge in [-0.25, -0.2) is 5.01 Å². The highest BCUT2D eigenvalue weighted by Gasteiger charge is 2.48. The molecule has 0 aromatic carbocycles. The monoisotopic (exact) mass is 262 g/mol. The molecule has 5 heteroatoms. The first-order chi connectivity index (χ1) is 8.64. The Kier molecular flexibility index (Phi) is 2.78. The van der Waals surface area contributed by atoms with Crippen molar-refractivity contribution in [2.45, 2.75) is 43.2 Å². The van der Waals surface area contributed by atoms with Crippen LogP contribution in [0.3, 0.4) is 0 Å². The summed E-state index contributed by atoms with van der Waals surface area (Å²) < 4.78 is 0. The number of nitrogens with two attached hydrogens (primary N) is 1. The number of nitrogens with zero attached hydrogens (tertiary/aromatic N) is 3. The fraction of sp³-hybridized carbons (Fsp3) is 0.538. The van der Waals surface area contributed by atoms with Gasteiger partial charge in [-0.1, -0.05) is 11.6 Å². The van der Waals surface area contributed by atoms with E-state index in [0.29, 0.717) is 17.1 Å². The number of hydrogen-bond acceptors (Lipinski definition) is 4. The lowest BCUT2D eigenvalue weighted by molar-refractivity contribution is 0.106. The molecule has 0 aliphatic carbocycles. The van der Waals surface area contributed by atoms with Crippen molar-refractivity contribution in [2.24, 2.45) is 5.84 Å². The quantitative estimate of drug-likeness (QED) is 0.786. The van der Waals surface area contributed by atoms with Gasteiger partial charge in [-0.2, -0.15) is 5.26 Å². The van der Waals surface area contributed by atoms with E-state index in [1.807, 2.05) is 11.1 Å². The topological polar surface area (TPSA) is 65.9 Å². The highest BCUT2D eigenvalue weighted by Crippen LogP contribution is 2.45. The summed E-state index contributed by atoms with van der Waals surface area (Å²) in [7, 11) is 0.